The van der Waals surface area contributed by atoms with E-state index >= 15 is 0 Å². The molecule has 5 unspecified atom stereocenters. The lowest BCUT2D eigenvalue weighted by atomic mass is 9.80. The van der Waals surface area contributed by atoms with Crippen LogP contribution in [0.5, 0.6) is 0 Å². The summed E-state index contributed by atoms with van der Waals surface area (Å²) in [7, 11) is 2.02. The van der Waals surface area contributed by atoms with Gasteiger partial charge in [-0.15, -0.1) is 0 Å². The second-order valence-corrected chi connectivity index (χ2v) is 6.41. The predicted molar refractivity (Wildman–Crippen MR) is 84.8 cm³/mol. The quantitative estimate of drug-likeness (QED) is 0.870. The lowest BCUT2D eigenvalue weighted by Gasteiger charge is -2.35. The molecule has 0 saturated heterocycles. The molecule has 0 spiro atoms. The van der Waals surface area contributed by atoms with Gasteiger partial charge in [0, 0.05) is 0 Å². The smallest absolute Gasteiger partial charge is 0.0745 e. The summed E-state index contributed by atoms with van der Waals surface area (Å²) in [5.41, 5.74) is 1.31. The van der Waals surface area contributed by atoms with E-state index in [1.165, 1.54) is 24.8 Å². The molecule has 1 aromatic carbocycles. The Morgan fingerprint density at radius 2 is 1.80 bits per heavy atom. The molecule has 112 valence electrons. The molecule has 2 rings (SSSR count). The van der Waals surface area contributed by atoms with E-state index in [4.69, 9.17) is 4.74 Å². The molecule has 5 atom stereocenters. The van der Waals surface area contributed by atoms with E-state index in [1.54, 1.807) is 0 Å². The molecule has 1 N–H and O–H groups in total. The minimum atomic E-state index is 0.202. The van der Waals surface area contributed by atoms with E-state index in [1.807, 2.05) is 7.05 Å². The van der Waals surface area contributed by atoms with Crippen LogP contribution in [0.1, 0.15) is 51.6 Å². The number of hydrogen-bond acceptors (Lipinski definition) is 2. The van der Waals surface area contributed by atoms with Gasteiger partial charge in [0.15, 0.2) is 0 Å². The van der Waals surface area contributed by atoms with Gasteiger partial charge in [0.1, 0.15) is 0 Å². The summed E-state index contributed by atoms with van der Waals surface area (Å²) in [4.78, 5) is 0. The minimum absolute atomic E-state index is 0.202. The Kier molecular flexibility index (Phi) is 5.62. The van der Waals surface area contributed by atoms with Crippen molar-refractivity contribution < 1.29 is 4.74 Å². The number of rotatable bonds is 5. The molecule has 2 heteroatoms. The van der Waals surface area contributed by atoms with Crippen LogP contribution in [0.3, 0.4) is 0 Å². The molecule has 0 radical (unpaired) electrons. The predicted octanol–water partition coefficient (Wildman–Crippen LogP) is 4.18. The van der Waals surface area contributed by atoms with Crippen LogP contribution in [0.2, 0.25) is 0 Å². The third-order valence-electron chi connectivity index (χ3n) is 4.90. The molecular weight excluding hydrogens is 246 g/mol. The van der Waals surface area contributed by atoms with Gasteiger partial charge in [0.2, 0.25) is 0 Å². The summed E-state index contributed by atoms with van der Waals surface area (Å²) in [6.45, 7) is 6.92. The normalized spacial score (nSPS) is 29.9. The first-order valence-electron chi connectivity index (χ1n) is 7.99. The summed E-state index contributed by atoms with van der Waals surface area (Å²) in [6.07, 6.45) is 4.34. The highest BCUT2D eigenvalue weighted by Gasteiger charge is 2.28. The van der Waals surface area contributed by atoms with Crippen LogP contribution >= 0.6 is 0 Å². The first-order valence-corrected chi connectivity index (χ1v) is 7.99. The monoisotopic (exact) mass is 275 g/mol. The number of hydrogen-bond donors (Lipinski definition) is 1. The van der Waals surface area contributed by atoms with E-state index in [2.05, 4.69) is 56.4 Å². The largest absolute Gasteiger partial charge is 0.373 e. The van der Waals surface area contributed by atoms with Gasteiger partial charge in [-0.05, 0) is 50.6 Å². The van der Waals surface area contributed by atoms with Crippen molar-refractivity contribution in [1.29, 1.82) is 0 Å². The van der Waals surface area contributed by atoms with Gasteiger partial charge >= 0.3 is 0 Å². The average Bonchev–Trinajstić information content (AvgIpc) is 2.45. The maximum Gasteiger partial charge on any atom is 0.0745 e. The zero-order valence-electron chi connectivity index (χ0n) is 13.3. The first kappa shape index (κ1) is 15.5. The molecule has 0 aliphatic heterocycles. The van der Waals surface area contributed by atoms with Crippen molar-refractivity contribution in [2.75, 3.05) is 7.05 Å². The van der Waals surface area contributed by atoms with Gasteiger partial charge in [-0.2, -0.15) is 0 Å². The van der Waals surface area contributed by atoms with Crippen LogP contribution in [-0.2, 0) is 4.74 Å². The van der Waals surface area contributed by atoms with Crippen molar-refractivity contribution in [3.05, 3.63) is 35.9 Å². The third kappa shape index (κ3) is 3.83. The zero-order chi connectivity index (χ0) is 14.5. The van der Waals surface area contributed by atoms with Crippen molar-refractivity contribution in [1.82, 2.24) is 5.32 Å². The SMILES string of the molecule is CNC(c1ccccc1)C(C)OC1CCC(C)C(C)C1. The fourth-order valence-corrected chi connectivity index (χ4v) is 3.34. The molecular formula is C18H29NO. The highest BCUT2D eigenvalue weighted by atomic mass is 16.5. The van der Waals surface area contributed by atoms with Crippen LogP contribution in [-0.4, -0.2) is 19.3 Å². The Hall–Kier alpha value is -0.860. The van der Waals surface area contributed by atoms with Gasteiger partial charge in [-0.3, -0.25) is 0 Å². The van der Waals surface area contributed by atoms with Crippen molar-refractivity contribution in [3.8, 4) is 0 Å². The second-order valence-electron chi connectivity index (χ2n) is 6.41. The summed E-state index contributed by atoms with van der Waals surface area (Å²) < 4.78 is 6.35. The number of ether oxygens (including phenoxy) is 1. The molecule has 1 aliphatic rings. The highest BCUT2D eigenvalue weighted by Crippen LogP contribution is 2.32. The fraction of sp³-hybridized carbons (Fsp3) is 0.667. The maximum atomic E-state index is 6.35. The summed E-state index contributed by atoms with van der Waals surface area (Å²) >= 11 is 0. The zero-order valence-corrected chi connectivity index (χ0v) is 13.3. The fourth-order valence-electron chi connectivity index (χ4n) is 3.34. The van der Waals surface area contributed by atoms with Crippen molar-refractivity contribution >= 4 is 0 Å². The van der Waals surface area contributed by atoms with Gasteiger partial charge in [-0.1, -0.05) is 44.2 Å². The highest BCUT2D eigenvalue weighted by molar-refractivity contribution is 5.19. The molecule has 2 nitrogen and oxygen atoms in total. The van der Waals surface area contributed by atoms with E-state index in [-0.39, 0.29) is 12.1 Å². The number of likely N-dealkylation sites (N-methyl/N-ethyl adjacent to an activating group) is 1. The summed E-state index contributed by atoms with van der Waals surface area (Å²) in [5.74, 6) is 1.63. The van der Waals surface area contributed by atoms with Crippen LogP contribution in [0.4, 0.5) is 0 Å². The van der Waals surface area contributed by atoms with Crippen LogP contribution in [0, 0.1) is 11.8 Å². The molecule has 1 aromatic rings. The Morgan fingerprint density at radius 3 is 2.40 bits per heavy atom. The van der Waals surface area contributed by atoms with E-state index in [9.17, 15) is 0 Å². The van der Waals surface area contributed by atoms with Crippen LogP contribution in [0.25, 0.3) is 0 Å². The molecule has 0 aromatic heterocycles. The average molecular weight is 275 g/mol. The van der Waals surface area contributed by atoms with Crippen LogP contribution in [0.15, 0.2) is 30.3 Å². The van der Waals surface area contributed by atoms with E-state index < -0.39 is 0 Å². The second kappa shape index (κ2) is 7.24. The lowest BCUT2D eigenvalue weighted by Crippen LogP contribution is -2.35. The Bertz CT molecular complexity index is 392. The van der Waals surface area contributed by atoms with Gasteiger partial charge in [-0.25, -0.2) is 0 Å². The molecule has 1 saturated carbocycles. The first-order chi connectivity index (χ1) is 9.61. The third-order valence-corrected chi connectivity index (χ3v) is 4.90. The molecule has 0 amide bonds. The van der Waals surface area contributed by atoms with Crippen molar-refractivity contribution in [2.24, 2.45) is 11.8 Å². The van der Waals surface area contributed by atoms with Gasteiger partial charge in [0.25, 0.3) is 0 Å². The standard InChI is InChI=1S/C18H29NO/c1-13-10-11-17(12-14(13)2)20-15(3)18(19-4)16-8-6-5-7-9-16/h5-9,13-15,17-19H,10-12H2,1-4H3. The Morgan fingerprint density at radius 1 is 1.10 bits per heavy atom. The molecule has 0 bridgehead atoms. The topological polar surface area (TPSA) is 21.3 Å². The lowest BCUT2D eigenvalue weighted by molar-refractivity contribution is -0.0533. The van der Waals surface area contributed by atoms with Gasteiger partial charge < -0.3 is 10.1 Å². The number of benzene rings is 1. The summed E-state index contributed by atoms with van der Waals surface area (Å²) in [5, 5.41) is 3.40. The maximum absolute atomic E-state index is 6.35. The number of nitrogens with one attached hydrogen (secondary N) is 1. The van der Waals surface area contributed by atoms with Crippen LogP contribution < -0.4 is 5.32 Å². The Balaban J connectivity index is 1.94. The van der Waals surface area contributed by atoms with E-state index in [0.717, 1.165) is 11.8 Å². The molecule has 20 heavy (non-hydrogen) atoms. The van der Waals surface area contributed by atoms with Crippen molar-refractivity contribution in [2.45, 2.75) is 58.3 Å². The van der Waals surface area contributed by atoms with E-state index in [0.29, 0.717) is 6.10 Å². The Labute approximate surface area is 123 Å². The molecule has 1 aliphatic carbocycles. The van der Waals surface area contributed by atoms with Gasteiger partial charge in [0.05, 0.1) is 18.2 Å². The molecule has 1 fully saturated rings. The minimum Gasteiger partial charge on any atom is -0.373 e. The van der Waals surface area contributed by atoms with Crippen molar-refractivity contribution in [3.63, 3.8) is 0 Å². The molecule has 0 heterocycles. The summed E-state index contributed by atoms with van der Waals surface area (Å²) in [6, 6.07) is 10.9.